The summed E-state index contributed by atoms with van der Waals surface area (Å²) < 4.78 is 11.0. The Morgan fingerprint density at radius 2 is 2.16 bits per heavy atom. The van der Waals surface area contributed by atoms with Crippen molar-refractivity contribution in [3.8, 4) is 0 Å². The largest absolute Gasteiger partial charge is 0.462 e. The lowest BCUT2D eigenvalue weighted by molar-refractivity contribution is -0.151. The number of furan rings is 2. The van der Waals surface area contributed by atoms with Crippen LogP contribution >= 0.6 is 0 Å². The van der Waals surface area contributed by atoms with Crippen LogP contribution in [0, 0.1) is 5.92 Å². The lowest BCUT2D eigenvalue weighted by atomic mass is 10.0. The van der Waals surface area contributed by atoms with Gasteiger partial charge in [-0.3, -0.25) is 9.59 Å². The van der Waals surface area contributed by atoms with Crippen molar-refractivity contribution in [3.63, 3.8) is 0 Å². The van der Waals surface area contributed by atoms with Crippen molar-refractivity contribution in [2.75, 3.05) is 0 Å². The molecule has 0 amide bonds. The predicted octanol–water partition coefficient (Wildman–Crippen LogP) is 2.74. The molecule has 0 N–H and O–H groups in total. The second-order valence-electron chi connectivity index (χ2n) is 5.52. The molecule has 0 saturated heterocycles. The molecule has 2 aromatic rings. The molecule has 0 spiro atoms. The van der Waals surface area contributed by atoms with Crippen molar-refractivity contribution < 1.29 is 18.7 Å². The number of Topliss-reactive ketones (excluding diaryl/α,β-unsaturated/α-hetero) is 1. The highest BCUT2D eigenvalue weighted by atomic mass is 16.5. The third kappa shape index (κ3) is 1.82. The Kier molecular flexibility index (Phi) is 2.62. The van der Waals surface area contributed by atoms with E-state index in [1.807, 2.05) is 20.8 Å². The molecule has 1 aliphatic rings. The highest BCUT2D eigenvalue weighted by Gasteiger charge is 2.32. The molecule has 2 aromatic heterocycles. The van der Waals surface area contributed by atoms with Crippen LogP contribution in [-0.2, 0) is 22.4 Å². The summed E-state index contributed by atoms with van der Waals surface area (Å²) in [5.74, 6) is -0.196. The molecule has 0 saturated carbocycles. The fourth-order valence-electron chi connectivity index (χ4n) is 2.59. The van der Waals surface area contributed by atoms with Crippen LogP contribution in [0.3, 0.4) is 0 Å². The number of hydrogen-bond acceptors (Lipinski definition) is 4. The standard InChI is InChI=1S/C15H16O4/c1-7(2)15(17)18-8(3)4-9-10-5-12(16)11-6-13(9)19-14(10)11/h6-8H,4-5H2,1-3H3. The molecule has 100 valence electrons. The van der Waals surface area contributed by atoms with Gasteiger partial charge in [-0.2, -0.15) is 0 Å². The lowest BCUT2D eigenvalue weighted by Crippen LogP contribution is -2.21. The molecule has 2 heterocycles. The number of esters is 1. The molecule has 1 unspecified atom stereocenters. The first-order valence-corrected chi connectivity index (χ1v) is 6.57. The smallest absolute Gasteiger partial charge is 0.308 e. The summed E-state index contributed by atoms with van der Waals surface area (Å²) in [6, 6.07) is 1.81. The van der Waals surface area contributed by atoms with Gasteiger partial charge in [0, 0.05) is 24.0 Å². The molecule has 0 aromatic carbocycles. The first-order valence-electron chi connectivity index (χ1n) is 6.57. The molecule has 19 heavy (non-hydrogen) atoms. The highest BCUT2D eigenvalue weighted by Crippen LogP contribution is 2.39. The van der Waals surface area contributed by atoms with Gasteiger partial charge in [0.25, 0.3) is 0 Å². The fourth-order valence-corrected chi connectivity index (χ4v) is 2.59. The second-order valence-corrected chi connectivity index (χ2v) is 5.52. The van der Waals surface area contributed by atoms with Crippen molar-refractivity contribution in [1.82, 2.24) is 0 Å². The molecule has 4 nitrogen and oxygen atoms in total. The Balaban J connectivity index is 1.77. The maximum Gasteiger partial charge on any atom is 0.308 e. The zero-order valence-corrected chi connectivity index (χ0v) is 11.3. The molecule has 2 bridgehead atoms. The van der Waals surface area contributed by atoms with E-state index in [4.69, 9.17) is 9.15 Å². The number of rotatable bonds is 4. The summed E-state index contributed by atoms with van der Waals surface area (Å²) in [5.41, 5.74) is 4.22. The second kappa shape index (κ2) is 4.08. The first kappa shape index (κ1) is 12.2. The maximum absolute atomic E-state index is 11.7. The molecule has 0 aliphatic heterocycles. The molecular weight excluding hydrogens is 244 g/mol. The van der Waals surface area contributed by atoms with Crippen LogP contribution < -0.4 is 0 Å². The minimum absolute atomic E-state index is 0.127. The molecule has 0 radical (unpaired) electrons. The Morgan fingerprint density at radius 3 is 2.84 bits per heavy atom. The SMILES string of the molecule is CC(Cc1c2c3oc1cc3C(=O)C2)OC(=O)C(C)C. The van der Waals surface area contributed by atoms with Crippen molar-refractivity contribution in [1.29, 1.82) is 0 Å². The molecule has 4 heteroatoms. The minimum Gasteiger partial charge on any atom is -0.462 e. The minimum atomic E-state index is -0.207. The van der Waals surface area contributed by atoms with Crippen LogP contribution in [0.2, 0.25) is 0 Å². The number of benzene rings is 1. The van der Waals surface area contributed by atoms with E-state index in [2.05, 4.69) is 0 Å². The Labute approximate surface area is 111 Å². The number of carbonyl (C=O) groups is 2. The Bertz CT molecular complexity index is 650. The molecule has 0 fully saturated rings. The van der Waals surface area contributed by atoms with Gasteiger partial charge in [-0.1, -0.05) is 13.8 Å². The fraction of sp³-hybridized carbons (Fsp3) is 0.467. The molecule has 1 atom stereocenters. The Hall–Kier alpha value is -1.84. The van der Waals surface area contributed by atoms with Gasteiger partial charge >= 0.3 is 5.97 Å². The van der Waals surface area contributed by atoms with Crippen LogP contribution in [0.25, 0.3) is 11.2 Å². The summed E-state index contributed by atoms with van der Waals surface area (Å²) in [5, 5.41) is 0. The number of ether oxygens (including phenoxy) is 1. The first-order chi connectivity index (χ1) is 8.97. The summed E-state index contributed by atoms with van der Waals surface area (Å²) >= 11 is 0. The zero-order chi connectivity index (χ0) is 13.7. The Morgan fingerprint density at radius 1 is 1.42 bits per heavy atom. The predicted molar refractivity (Wildman–Crippen MR) is 69.5 cm³/mol. The van der Waals surface area contributed by atoms with Crippen LogP contribution in [0.4, 0.5) is 0 Å². The van der Waals surface area contributed by atoms with Crippen molar-refractivity contribution in [2.24, 2.45) is 5.92 Å². The van der Waals surface area contributed by atoms with Crippen LogP contribution in [-0.4, -0.2) is 17.9 Å². The van der Waals surface area contributed by atoms with Crippen molar-refractivity contribution >= 4 is 22.9 Å². The van der Waals surface area contributed by atoms with Gasteiger partial charge < -0.3 is 9.15 Å². The molecular formula is C15H16O4. The van der Waals surface area contributed by atoms with Crippen LogP contribution in [0.15, 0.2) is 10.5 Å². The van der Waals surface area contributed by atoms with Crippen LogP contribution in [0.1, 0.15) is 42.3 Å². The van der Waals surface area contributed by atoms with E-state index < -0.39 is 0 Å². The van der Waals surface area contributed by atoms with Gasteiger partial charge in [-0.25, -0.2) is 0 Å². The van der Waals surface area contributed by atoms with Crippen molar-refractivity contribution in [2.45, 2.75) is 39.7 Å². The van der Waals surface area contributed by atoms with E-state index in [1.165, 1.54) is 0 Å². The summed E-state index contributed by atoms with van der Waals surface area (Å²) in [7, 11) is 0. The van der Waals surface area contributed by atoms with Crippen LogP contribution in [0.5, 0.6) is 0 Å². The highest BCUT2D eigenvalue weighted by molar-refractivity contribution is 6.12. The number of carbonyl (C=O) groups excluding carboxylic acids is 2. The monoisotopic (exact) mass is 260 g/mol. The maximum atomic E-state index is 11.7. The van der Waals surface area contributed by atoms with E-state index in [-0.39, 0.29) is 23.8 Å². The topological polar surface area (TPSA) is 56.5 Å². The zero-order valence-electron chi connectivity index (χ0n) is 11.3. The number of hydrogen-bond donors (Lipinski definition) is 0. The van der Waals surface area contributed by atoms with Gasteiger partial charge in [0.15, 0.2) is 5.78 Å². The third-order valence-electron chi connectivity index (χ3n) is 3.59. The average molecular weight is 260 g/mol. The lowest BCUT2D eigenvalue weighted by Gasteiger charge is -2.14. The van der Waals surface area contributed by atoms with Gasteiger partial charge in [-0.05, 0) is 13.0 Å². The third-order valence-corrected chi connectivity index (χ3v) is 3.59. The molecule has 3 rings (SSSR count). The van der Waals surface area contributed by atoms with E-state index >= 15 is 0 Å². The summed E-state index contributed by atoms with van der Waals surface area (Å²) in [6.45, 7) is 5.49. The quantitative estimate of drug-likeness (QED) is 0.793. The van der Waals surface area contributed by atoms with E-state index in [1.54, 1.807) is 6.07 Å². The van der Waals surface area contributed by atoms with Gasteiger partial charge in [0.2, 0.25) is 0 Å². The van der Waals surface area contributed by atoms with Gasteiger partial charge in [0.1, 0.15) is 17.3 Å². The number of fused-ring (bicyclic) bond motifs is 1. The van der Waals surface area contributed by atoms with Gasteiger partial charge in [0.05, 0.1) is 11.5 Å². The van der Waals surface area contributed by atoms with E-state index in [0.29, 0.717) is 18.4 Å². The normalized spacial score (nSPS) is 15.7. The average Bonchev–Trinajstić information content (AvgIpc) is 2.93. The summed E-state index contributed by atoms with van der Waals surface area (Å²) in [6.07, 6.45) is 0.815. The van der Waals surface area contributed by atoms with Gasteiger partial charge in [-0.15, -0.1) is 0 Å². The van der Waals surface area contributed by atoms with E-state index in [0.717, 1.165) is 22.3 Å². The van der Waals surface area contributed by atoms with E-state index in [9.17, 15) is 9.59 Å². The summed E-state index contributed by atoms with van der Waals surface area (Å²) in [4.78, 5) is 23.2. The molecule has 1 aliphatic carbocycles. The van der Waals surface area contributed by atoms with Crippen molar-refractivity contribution in [3.05, 3.63) is 22.8 Å². The number of ketones is 1.